The summed E-state index contributed by atoms with van der Waals surface area (Å²) in [5, 5.41) is 11.7. The van der Waals surface area contributed by atoms with Crippen molar-refractivity contribution in [1.29, 1.82) is 5.26 Å². The van der Waals surface area contributed by atoms with E-state index in [1.165, 1.54) is 19.2 Å². The smallest absolute Gasteiger partial charge is 0.328 e. The normalized spacial score (nSPS) is 11.1. The van der Waals surface area contributed by atoms with Crippen molar-refractivity contribution in [3.63, 3.8) is 0 Å². The van der Waals surface area contributed by atoms with Crippen molar-refractivity contribution < 1.29 is 23.8 Å². The Bertz CT molecular complexity index is 1430. The number of hydrogen-bond donors (Lipinski definition) is 1. The summed E-state index contributed by atoms with van der Waals surface area (Å²) >= 11 is 0. The van der Waals surface area contributed by atoms with Crippen LogP contribution in [0.5, 0.6) is 11.5 Å². The van der Waals surface area contributed by atoms with E-state index in [0.717, 1.165) is 16.7 Å². The fraction of sp³-hybridized carbons (Fsp3) is 0.156. The van der Waals surface area contributed by atoms with Crippen molar-refractivity contribution in [2.45, 2.75) is 25.7 Å². The molecule has 0 bridgehead atoms. The molecular weight excluding hydrogens is 492 g/mol. The molecule has 7 nitrogen and oxygen atoms in total. The predicted octanol–water partition coefficient (Wildman–Crippen LogP) is 5.23. The molecule has 7 heteroatoms. The maximum Gasteiger partial charge on any atom is 0.328 e. The lowest BCUT2D eigenvalue weighted by molar-refractivity contribution is -0.142. The zero-order valence-corrected chi connectivity index (χ0v) is 21.5. The molecule has 0 saturated carbocycles. The first-order chi connectivity index (χ1) is 19.1. The lowest BCUT2D eigenvalue weighted by atomic mass is 10.0. The first-order valence-electron chi connectivity index (χ1n) is 12.4. The van der Waals surface area contributed by atoms with Crippen molar-refractivity contribution in [2.75, 3.05) is 7.11 Å². The fourth-order valence-corrected chi connectivity index (χ4v) is 3.89. The minimum atomic E-state index is -0.934. The maximum absolute atomic E-state index is 12.8. The molecule has 4 rings (SSSR count). The largest absolute Gasteiger partial charge is 0.485 e. The van der Waals surface area contributed by atoms with Crippen molar-refractivity contribution in [3.8, 4) is 17.6 Å². The fourth-order valence-electron chi connectivity index (χ4n) is 3.89. The number of nitriles is 1. The number of esters is 1. The highest BCUT2D eigenvalue weighted by atomic mass is 16.5. The van der Waals surface area contributed by atoms with Crippen molar-refractivity contribution in [1.82, 2.24) is 5.32 Å². The van der Waals surface area contributed by atoms with Crippen LogP contribution in [0.25, 0.3) is 0 Å². The second-order valence-corrected chi connectivity index (χ2v) is 8.77. The molecule has 0 aromatic heterocycles. The Morgan fingerprint density at radius 3 is 1.92 bits per heavy atom. The Morgan fingerprint density at radius 1 is 0.769 bits per heavy atom. The van der Waals surface area contributed by atoms with Gasteiger partial charge in [0.1, 0.15) is 19.3 Å². The van der Waals surface area contributed by atoms with Gasteiger partial charge in [0, 0.05) is 12.0 Å². The third-order valence-electron chi connectivity index (χ3n) is 5.99. The van der Waals surface area contributed by atoms with E-state index >= 15 is 0 Å². The van der Waals surface area contributed by atoms with Crippen LogP contribution in [0.15, 0.2) is 103 Å². The van der Waals surface area contributed by atoms with E-state index in [4.69, 9.17) is 19.5 Å². The number of hydrogen-bond acceptors (Lipinski definition) is 6. The Labute approximate surface area is 227 Å². The van der Waals surface area contributed by atoms with Gasteiger partial charge < -0.3 is 19.5 Å². The van der Waals surface area contributed by atoms with Gasteiger partial charge in [0.05, 0.1) is 18.7 Å². The van der Waals surface area contributed by atoms with Crippen LogP contribution in [0, 0.1) is 11.3 Å². The topological polar surface area (TPSA) is 97.7 Å². The van der Waals surface area contributed by atoms with Crippen LogP contribution < -0.4 is 14.8 Å². The van der Waals surface area contributed by atoms with Gasteiger partial charge in [-0.05, 0) is 53.1 Å². The summed E-state index contributed by atoms with van der Waals surface area (Å²) in [6.07, 6.45) is 0.176. The van der Waals surface area contributed by atoms with Gasteiger partial charge in [-0.1, -0.05) is 66.7 Å². The maximum atomic E-state index is 12.8. The quantitative estimate of drug-likeness (QED) is 0.272. The van der Waals surface area contributed by atoms with E-state index in [1.54, 1.807) is 18.2 Å². The molecule has 0 spiro atoms. The van der Waals surface area contributed by atoms with Crippen LogP contribution >= 0.6 is 0 Å². The van der Waals surface area contributed by atoms with Crippen LogP contribution in [0.4, 0.5) is 0 Å². The number of benzene rings is 4. The molecule has 0 aliphatic rings. The van der Waals surface area contributed by atoms with Gasteiger partial charge in [-0.15, -0.1) is 0 Å². The number of methoxy groups -OCH3 is 1. The highest BCUT2D eigenvalue weighted by Gasteiger charge is 2.23. The number of ether oxygens (including phenoxy) is 3. The molecular formula is C32H28N2O5. The number of carbonyl (C=O) groups is 2. The van der Waals surface area contributed by atoms with E-state index in [1.807, 2.05) is 78.9 Å². The van der Waals surface area contributed by atoms with Crippen molar-refractivity contribution >= 4 is 11.9 Å². The van der Waals surface area contributed by atoms with Crippen LogP contribution in [-0.4, -0.2) is 25.0 Å². The summed E-state index contributed by atoms with van der Waals surface area (Å²) in [5.74, 6) is 0.0653. The van der Waals surface area contributed by atoms with E-state index in [9.17, 15) is 9.59 Å². The summed E-state index contributed by atoms with van der Waals surface area (Å²) in [7, 11) is 1.28. The molecule has 0 aliphatic carbocycles. The van der Waals surface area contributed by atoms with E-state index < -0.39 is 17.9 Å². The summed E-state index contributed by atoms with van der Waals surface area (Å²) < 4.78 is 17.2. The molecule has 0 radical (unpaired) electrons. The molecule has 1 atom stereocenters. The van der Waals surface area contributed by atoms with Gasteiger partial charge in [0.2, 0.25) is 0 Å². The Balaban J connectivity index is 1.53. The molecule has 0 unspecified atom stereocenters. The van der Waals surface area contributed by atoms with Gasteiger partial charge >= 0.3 is 5.97 Å². The molecule has 4 aromatic rings. The molecule has 0 fully saturated rings. The van der Waals surface area contributed by atoms with Crippen LogP contribution in [0.1, 0.15) is 32.6 Å². The van der Waals surface area contributed by atoms with E-state index in [-0.39, 0.29) is 6.42 Å². The first-order valence-corrected chi connectivity index (χ1v) is 12.4. The third kappa shape index (κ3) is 7.70. The summed E-state index contributed by atoms with van der Waals surface area (Å²) in [5.41, 5.74) is 3.54. The van der Waals surface area contributed by atoms with Crippen molar-refractivity contribution in [2.24, 2.45) is 0 Å². The monoisotopic (exact) mass is 520 g/mol. The predicted molar refractivity (Wildman–Crippen MR) is 146 cm³/mol. The number of nitrogens with zero attached hydrogens (tertiary/aromatic N) is 1. The molecule has 39 heavy (non-hydrogen) atoms. The molecule has 196 valence electrons. The molecule has 0 saturated heterocycles. The van der Waals surface area contributed by atoms with E-state index in [0.29, 0.717) is 35.8 Å². The number of nitrogens with one attached hydrogen (secondary N) is 1. The second kappa shape index (κ2) is 13.5. The number of rotatable bonds is 11. The Kier molecular flexibility index (Phi) is 9.30. The lowest BCUT2D eigenvalue weighted by Gasteiger charge is -2.19. The van der Waals surface area contributed by atoms with Gasteiger partial charge in [0.15, 0.2) is 11.5 Å². The van der Waals surface area contributed by atoms with Gasteiger partial charge in [0.25, 0.3) is 5.91 Å². The molecule has 0 heterocycles. The SMILES string of the molecule is COC(=O)[C@@H](Cc1ccc(OCc2ccccc2)c(OCc2ccccc2)c1)NC(=O)c1ccc(C#N)cc1. The summed E-state index contributed by atoms with van der Waals surface area (Å²) in [6, 6.07) is 32.3. The van der Waals surface area contributed by atoms with Crippen LogP contribution in [-0.2, 0) is 29.2 Å². The first kappa shape index (κ1) is 27.0. The highest BCUT2D eigenvalue weighted by Crippen LogP contribution is 2.31. The van der Waals surface area contributed by atoms with Gasteiger partial charge in [-0.2, -0.15) is 5.26 Å². The van der Waals surface area contributed by atoms with Gasteiger partial charge in [-0.25, -0.2) is 4.79 Å². The molecule has 0 aliphatic heterocycles. The average Bonchev–Trinajstić information content (AvgIpc) is 2.99. The number of carbonyl (C=O) groups excluding carboxylic acids is 2. The summed E-state index contributed by atoms with van der Waals surface area (Å²) in [6.45, 7) is 0.704. The highest BCUT2D eigenvalue weighted by molar-refractivity contribution is 5.96. The van der Waals surface area contributed by atoms with Gasteiger partial charge in [-0.3, -0.25) is 4.79 Å². The minimum absolute atomic E-state index is 0.176. The Morgan fingerprint density at radius 2 is 1.36 bits per heavy atom. The lowest BCUT2D eigenvalue weighted by Crippen LogP contribution is -2.43. The Hall–Kier alpha value is -5.09. The van der Waals surface area contributed by atoms with Crippen molar-refractivity contribution in [3.05, 3.63) is 131 Å². The zero-order valence-electron chi connectivity index (χ0n) is 21.5. The standard InChI is InChI=1S/C32H28N2O5/c1-37-32(36)28(34-31(35)27-15-12-23(20-33)13-16-27)18-26-14-17-29(38-21-24-8-4-2-5-9-24)30(19-26)39-22-25-10-6-3-7-11-25/h2-17,19,28H,18,21-22H2,1H3,(H,34,35)/t28-/m1/s1. The molecule has 1 amide bonds. The summed E-state index contributed by atoms with van der Waals surface area (Å²) in [4.78, 5) is 25.4. The molecule has 1 N–H and O–H groups in total. The van der Waals surface area contributed by atoms with Crippen LogP contribution in [0.2, 0.25) is 0 Å². The minimum Gasteiger partial charge on any atom is -0.485 e. The van der Waals surface area contributed by atoms with E-state index in [2.05, 4.69) is 5.32 Å². The molecule has 4 aromatic carbocycles. The average molecular weight is 521 g/mol. The second-order valence-electron chi connectivity index (χ2n) is 8.77. The zero-order chi connectivity index (χ0) is 27.5. The third-order valence-corrected chi connectivity index (χ3v) is 5.99. The number of amides is 1. The van der Waals surface area contributed by atoms with Crippen LogP contribution in [0.3, 0.4) is 0 Å².